The van der Waals surface area contributed by atoms with E-state index in [1.165, 1.54) is 19.2 Å². The van der Waals surface area contributed by atoms with E-state index in [0.717, 1.165) is 16.9 Å². The van der Waals surface area contributed by atoms with Gasteiger partial charge < -0.3 is 9.47 Å². The molecule has 110 valence electrons. The molecular weight excluding hydrogens is 270 g/mol. The Balaban J connectivity index is 2.21. The molecule has 0 fully saturated rings. The van der Waals surface area contributed by atoms with Crippen molar-refractivity contribution in [3.05, 3.63) is 63.2 Å². The minimum atomic E-state index is -0.441. The molecule has 0 spiro atoms. The fourth-order valence-corrected chi connectivity index (χ4v) is 1.99. The predicted molar refractivity (Wildman–Crippen MR) is 79.9 cm³/mol. The monoisotopic (exact) mass is 287 g/mol. The molecule has 2 aromatic carbocycles. The van der Waals surface area contributed by atoms with Crippen LogP contribution < -0.4 is 9.47 Å². The largest absolute Gasteiger partial charge is 0.496 e. The topological polar surface area (TPSA) is 61.6 Å². The van der Waals surface area contributed by atoms with Crippen LogP contribution >= 0.6 is 0 Å². The smallest absolute Gasteiger partial charge is 0.273 e. The zero-order valence-electron chi connectivity index (χ0n) is 12.3. The van der Waals surface area contributed by atoms with Gasteiger partial charge in [-0.3, -0.25) is 10.1 Å². The van der Waals surface area contributed by atoms with Crippen molar-refractivity contribution in [1.29, 1.82) is 0 Å². The lowest BCUT2D eigenvalue weighted by Crippen LogP contribution is -2.00. The molecule has 0 N–H and O–H groups in total. The quantitative estimate of drug-likeness (QED) is 0.620. The molecule has 0 saturated carbocycles. The molecule has 5 nitrogen and oxygen atoms in total. The molecule has 0 amide bonds. The standard InChI is InChI=1S/C16H17NO4/c1-11-5-4-6-16(12(11)2)21-10-13-7-14(17(18)19)9-15(8-13)20-3/h4-9H,10H2,1-3H3. The number of hydrogen-bond donors (Lipinski definition) is 0. The Kier molecular flexibility index (Phi) is 4.42. The van der Waals surface area contributed by atoms with Gasteiger partial charge in [0, 0.05) is 6.07 Å². The number of rotatable bonds is 5. The molecule has 0 bridgehead atoms. The van der Waals surface area contributed by atoms with Gasteiger partial charge in [-0.05, 0) is 42.7 Å². The fourth-order valence-electron chi connectivity index (χ4n) is 1.99. The van der Waals surface area contributed by atoms with Crippen LogP contribution in [0, 0.1) is 24.0 Å². The van der Waals surface area contributed by atoms with Gasteiger partial charge in [0.1, 0.15) is 18.1 Å². The summed E-state index contributed by atoms with van der Waals surface area (Å²) in [6, 6.07) is 10.4. The highest BCUT2D eigenvalue weighted by molar-refractivity contribution is 5.43. The lowest BCUT2D eigenvalue weighted by Gasteiger charge is -2.11. The van der Waals surface area contributed by atoms with E-state index in [1.54, 1.807) is 6.07 Å². The molecule has 0 unspecified atom stereocenters. The van der Waals surface area contributed by atoms with E-state index in [4.69, 9.17) is 9.47 Å². The number of nitro benzene ring substituents is 1. The Bertz CT molecular complexity index is 667. The summed E-state index contributed by atoms with van der Waals surface area (Å²) in [6.07, 6.45) is 0. The lowest BCUT2D eigenvalue weighted by atomic mass is 10.1. The zero-order valence-corrected chi connectivity index (χ0v) is 12.3. The first kappa shape index (κ1) is 14.8. The maximum Gasteiger partial charge on any atom is 0.273 e. The summed E-state index contributed by atoms with van der Waals surface area (Å²) in [5, 5.41) is 10.9. The summed E-state index contributed by atoms with van der Waals surface area (Å²) < 4.78 is 10.8. The average Bonchev–Trinajstić information content (AvgIpc) is 2.48. The van der Waals surface area contributed by atoms with Gasteiger partial charge in [0.2, 0.25) is 0 Å². The fraction of sp³-hybridized carbons (Fsp3) is 0.250. The van der Waals surface area contributed by atoms with Crippen LogP contribution in [0.3, 0.4) is 0 Å². The predicted octanol–water partition coefficient (Wildman–Crippen LogP) is 3.80. The molecule has 0 saturated heterocycles. The Morgan fingerprint density at radius 3 is 2.62 bits per heavy atom. The van der Waals surface area contributed by atoms with E-state index in [0.29, 0.717) is 11.3 Å². The summed E-state index contributed by atoms with van der Waals surface area (Å²) in [7, 11) is 1.48. The normalized spacial score (nSPS) is 10.2. The van der Waals surface area contributed by atoms with Crippen molar-refractivity contribution in [3.63, 3.8) is 0 Å². The lowest BCUT2D eigenvalue weighted by molar-refractivity contribution is -0.385. The Labute approximate surface area is 123 Å². The summed E-state index contributed by atoms with van der Waals surface area (Å²) in [6.45, 7) is 4.25. The molecular formula is C16H17NO4. The summed E-state index contributed by atoms with van der Waals surface area (Å²) in [5.41, 5.74) is 2.90. The second-order valence-electron chi connectivity index (χ2n) is 4.78. The minimum absolute atomic E-state index is 0.00564. The second kappa shape index (κ2) is 6.26. The SMILES string of the molecule is COc1cc(COc2cccc(C)c2C)cc([N+](=O)[O-])c1. The number of benzene rings is 2. The Hall–Kier alpha value is -2.56. The molecule has 0 aromatic heterocycles. The van der Waals surface area contributed by atoms with Gasteiger partial charge in [-0.15, -0.1) is 0 Å². The van der Waals surface area contributed by atoms with Crippen molar-refractivity contribution in [2.24, 2.45) is 0 Å². The van der Waals surface area contributed by atoms with Gasteiger partial charge in [0.15, 0.2) is 0 Å². The number of non-ortho nitro benzene ring substituents is 1. The molecule has 5 heteroatoms. The molecule has 0 radical (unpaired) electrons. The van der Waals surface area contributed by atoms with Gasteiger partial charge in [-0.1, -0.05) is 12.1 Å². The molecule has 2 rings (SSSR count). The maximum atomic E-state index is 10.9. The number of nitro groups is 1. The highest BCUT2D eigenvalue weighted by atomic mass is 16.6. The number of methoxy groups -OCH3 is 1. The van der Waals surface area contributed by atoms with Gasteiger partial charge >= 0.3 is 0 Å². The van der Waals surface area contributed by atoms with Crippen LogP contribution in [-0.4, -0.2) is 12.0 Å². The summed E-state index contributed by atoms with van der Waals surface area (Å²) >= 11 is 0. The van der Waals surface area contributed by atoms with Gasteiger partial charge in [0.25, 0.3) is 5.69 Å². The second-order valence-corrected chi connectivity index (χ2v) is 4.78. The molecule has 0 aliphatic heterocycles. The van der Waals surface area contributed by atoms with Crippen molar-refractivity contribution in [1.82, 2.24) is 0 Å². The van der Waals surface area contributed by atoms with Crippen LogP contribution in [0.2, 0.25) is 0 Å². The molecule has 0 aliphatic rings. The van der Waals surface area contributed by atoms with Crippen LogP contribution in [0.4, 0.5) is 5.69 Å². The van der Waals surface area contributed by atoms with Crippen LogP contribution in [0.1, 0.15) is 16.7 Å². The Morgan fingerprint density at radius 1 is 1.19 bits per heavy atom. The average molecular weight is 287 g/mol. The van der Waals surface area contributed by atoms with E-state index in [-0.39, 0.29) is 12.3 Å². The van der Waals surface area contributed by atoms with Crippen LogP contribution in [0.25, 0.3) is 0 Å². The van der Waals surface area contributed by atoms with E-state index < -0.39 is 4.92 Å². The molecule has 0 atom stereocenters. The van der Waals surface area contributed by atoms with E-state index >= 15 is 0 Å². The van der Waals surface area contributed by atoms with Crippen molar-refractivity contribution in [2.45, 2.75) is 20.5 Å². The molecule has 0 aliphatic carbocycles. The van der Waals surface area contributed by atoms with Gasteiger partial charge in [0.05, 0.1) is 18.1 Å². The first-order valence-electron chi connectivity index (χ1n) is 6.52. The number of hydrogen-bond acceptors (Lipinski definition) is 4. The van der Waals surface area contributed by atoms with Crippen molar-refractivity contribution in [3.8, 4) is 11.5 Å². The summed E-state index contributed by atoms with van der Waals surface area (Å²) in [4.78, 5) is 10.5. The zero-order chi connectivity index (χ0) is 15.4. The first-order valence-corrected chi connectivity index (χ1v) is 6.52. The number of nitrogens with zero attached hydrogens (tertiary/aromatic N) is 1. The van der Waals surface area contributed by atoms with Crippen LogP contribution in [0.5, 0.6) is 11.5 Å². The van der Waals surface area contributed by atoms with E-state index in [1.807, 2.05) is 32.0 Å². The molecule has 2 aromatic rings. The number of aryl methyl sites for hydroxylation is 1. The third-order valence-corrected chi connectivity index (χ3v) is 3.35. The van der Waals surface area contributed by atoms with Crippen LogP contribution in [-0.2, 0) is 6.61 Å². The van der Waals surface area contributed by atoms with Crippen molar-refractivity contribution in [2.75, 3.05) is 7.11 Å². The third kappa shape index (κ3) is 3.51. The van der Waals surface area contributed by atoms with E-state index in [9.17, 15) is 10.1 Å². The minimum Gasteiger partial charge on any atom is -0.496 e. The highest BCUT2D eigenvalue weighted by Crippen LogP contribution is 2.25. The number of ether oxygens (including phenoxy) is 2. The van der Waals surface area contributed by atoms with Gasteiger partial charge in [-0.25, -0.2) is 0 Å². The third-order valence-electron chi connectivity index (χ3n) is 3.35. The van der Waals surface area contributed by atoms with Gasteiger partial charge in [-0.2, -0.15) is 0 Å². The molecule has 21 heavy (non-hydrogen) atoms. The molecule has 0 heterocycles. The summed E-state index contributed by atoms with van der Waals surface area (Å²) in [5.74, 6) is 1.23. The van der Waals surface area contributed by atoms with Crippen molar-refractivity contribution >= 4 is 5.69 Å². The maximum absolute atomic E-state index is 10.9. The highest BCUT2D eigenvalue weighted by Gasteiger charge is 2.11. The Morgan fingerprint density at radius 2 is 1.95 bits per heavy atom. The van der Waals surface area contributed by atoms with E-state index in [2.05, 4.69) is 0 Å². The first-order chi connectivity index (χ1) is 10.0. The van der Waals surface area contributed by atoms with Crippen LogP contribution in [0.15, 0.2) is 36.4 Å². The van der Waals surface area contributed by atoms with Crippen molar-refractivity contribution < 1.29 is 14.4 Å².